The molecule has 1 aliphatic rings. The van der Waals surface area contributed by atoms with Crippen LogP contribution in [0.15, 0.2) is 71.8 Å². The standard InChI is InChI=1S/C31H40ClN3O4S/c1-3-4-21-34(40(37,38)29-18-16-28(39-2)17-19-29)24-31(36)35(26-12-6-5-7-13-26)23-27-14-10-20-33(27)22-25-11-8-9-15-30(25)32/h8-11,14-20,26H,3-7,12-13,21-24H2,1-2H3. The first-order valence-electron chi connectivity index (χ1n) is 14.1. The van der Waals surface area contributed by atoms with Gasteiger partial charge in [0.25, 0.3) is 0 Å². The van der Waals surface area contributed by atoms with E-state index in [1.165, 1.54) is 16.4 Å². The highest BCUT2D eigenvalue weighted by Crippen LogP contribution is 2.27. The maximum Gasteiger partial charge on any atom is 0.243 e. The molecule has 0 atom stereocenters. The first-order valence-corrected chi connectivity index (χ1v) is 16.0. The summed E-state index contributed by atoms with van der Waals surface area (Å²) in [5.74, 6) is 0.420. The van der Waals surface area contributed by atoms with Crippen LogP contribution in [0.25, 0.3) is 0 Å². The molecule has 0 aliphatic heterocycles. The third-order valence-electron chi connectivity index (χ3n) is 7.66. The summed E-state index contributed by atoms with van der Waals surface area (Å²) in [7, 11) is -2.32. The lowest BCUT2D eigenvalue weighted by molar-refractivity contribution is -0.135. The van der Waals surface area contributed by atoms with Crippen LogP contribution in [0.1, 0.15) is 63.1 Å². The third-order valence-corrected chi connectivity index (χ3v) is 9.89. The van der Waals surface area contributed by atoms with Crippen LogP contribution in [-0.2, 0) is 27.9 Å². The highest BCUT2D eigenvalue weighted by Gasteiger charge is 2.32. The van der Waals surface area contributed by atoms with Gasteiger partial charge in [-0.15, -0.1) is 0 Å². The van der Waals surface area contributed by atoms with Gasteiger partial charge in [-0.3, -0.25) is 4.79 Å². The molecule has 0 saturated heterocycles. The van der Waals surface area contributed by atoms with E-state index in [2.05, 4.69) is 4.57 Å². The minimum Gasteiger partial charge on any atom is -0.497 e. The largest absolute Gasteiger partial charge is 0.497 e. The summed E-state index contributed by atoms with van der Waals surface area (Å²) in [5, 5.41) is 0.706. The quantitative estimate of drug-likeness (QED) is 0.234. The summed E-state index contributed by atoms with van der Waals surface area (Å²) in [5.41, 5.74) is 2.01. The number of carbonyl (C=O) groups is 1. The zero-order valence-electron chi connectivity index (χ0n) is 23.5. The molecule has 2 aromatic carbocycles. The first-order chi connectivity index (χ1) is 19.3. The Morgan fingerprint density at radius 1 is 1.02 bits per heavy atom. The fourth-order valence-corrected chi connectivity index (χ4v) is 6.93. The van der Waals surface area contributed by atoms with E-state index in [9.17, 15) is 13.2 Å². The van der Waals surface area contributed by atoms with E-state index < -0.39 is 10.0 Å². The number of carbonyl (C=O) groups excluding carboxylic acids is 1. The molecule has 0 unspecified atom stereocenters. The molecule has 7 nitrogen and oxygen atoms in total. The van der Waals surface area contributed by atoms with Gasteiger partial charge in [0.2, 0.25) is 15.9 Å². The van der Waals surface area contributed by atoms with Crippen LogP contribution >= 0.6 is 11.6 Å². The molecule has 40 heavy (non-hydrogen) atoms. The maximum atomic E-state index is 14.0. The van der Waals surface area contributed by atoms with Crippen molar-refractivity contribution in [1.82, 2.24) is 13.8 Å². The van der Waals surface area contributed by atoms with Crippen molar-refractivity contribution in [2.24, 2.45) is 0 Å². The maximum absolute atomic E-state index is 14.0. The van der Waals surface area contributed by atoms with Crippen molar-refractivity contribution < 1.29 is 17.9 Å². The third kappa shape index (κ3) is 7.47. The van der Waals surface area contributed by atoms with Gasteiger partial charge < -0.3 is 14.2 Å². The van der Waals surface area contributed by atoms with Crippen LogP contribution in [0.4, 0.5) is 0 Å². The fourth-order valence-electron chi connectivity index (χ4n) is 5.30. The SMILES string of the molecule is CCCCN(CC(=O)N(Cc1cccn1Cc1ccccc1Cl)C1CCCCC1)S(=O)(=O)c1ccc(OC)cc1. The van der Waals surface area contributed by atoms with Crippen LogP contribution in [-0.4, -0.2) is 54.3 Å². The van der Waals surface area contributed by atoms with Gasteiger partial charge in [-0.25, -0.2) is 8.42 Å². The second-order valence-electron chi connectivity index (χ2n) is 10.4. The van der Waals surface area contributed by atoms with E-state index in [4.69, 9.17) is 16.3 Å². The fraction of sp³-hybridized carbons (Fsp3) is 0.452. The van der Waals surface area contributed by atoms with Gasteiger partial charge in [-0.05, 0) is 67.3 Å². The Hall–Kier alpha value is -2.81. The molecule has 1 fully saturated rings. The summed E-state index contributed by atoms with van der Waals surface area (Å²) in [6.45, 7) is 3.14. The van der Waals surface area contributed by atoms with Gasteiger partial charge in [-0.2, -0.15) is 4.31 Å². The smallest absolute Gasteiger partial charge is 0.243 e. The van der Waals surface area contributed by atoms with Gasteiger partial charge in [0, 0.05) is 36.0 Å². The van der Waals surface area contributed by atoms with Crippen molar-refractivity contribution in [3.8, 4) is 5.75 Å². The molecule has 1 aromatic heterocycles. The Morgan fingerprint density at radius 3 is 2.42 bits per heavy atom. The molecule has 216 valence electrons. The molecule has 1 saturated carbocycles. The number of hydrogen-bond acceptors (Lipinski definition) is 4. The lowest BCUT2D eigenvalue weighted by atomic mass is 9.94. The molecule has 0 radical (unpaired) electrons. The molecule has 0 bridgehead atoms. The second kappa shape index (κ2) is 14.2. The predicted molar refractivity (Wildman–Crippen MR) is 159 cm³/mol. The topological polar surface area (TPSA) is 71.9 Å². The van der Waals surface area contributed by atoms with Gasteiger partial charge in [0.05, 0.1) is 25.1 Å². The zero-order chi connectivity index (χ0) is 28.5. The number of sulfonamides is 1. The number of rotatable bonds is 13. The number of ether oxygens (including phenoxy) is 1. The number of benzene rings is 2. The summed E-state index contributed by atoms with van der Waals surface area (Å²) in [4.78, 5) is 16.1. The highest BCUT2D eigenvalue weighted by atomic mass is 35.5. The summed E-state index contributed by atoms with van der Waals surface area (Å²) >= 11 is 6.43. The number of hydrogen-bond donors (Lipinski definition) is 0. The molecule has 0 spiro atoms. The minimum atomic E-state index is -3.86. The molecule has 3 aromatic rings. The van der Waals surface area contributed by atoms with Gasteiger partial charge in [0.1, 0.15) is 5.75 Å². The van der Waals surface area contributed by atoms with Gasteiger partial charge in [-0.1, -0.05) is 62.4 Å². The summed E-state index contributed by atoms with van der Waals surface area (Å²) in [6, 6.07) is 18.2. The molecule has 4 rings (SSSR count). The van der Waals surface area contributed by atoms with E-state index in [0.29, 0.717) is 30.3 Å². The summed E-state index contributed by atoms with van der Waals surface area (Å²) in [6.07, 6.45) is 8.66. The van der Waals surface area contributed by atoms with Gasteiger partial charge in [0.15, 0.2) is 0 Å². The average molecular weight is 586 g/mol. The van der Waals surface area contributed by atoms with Crippen molar-refractivity contribution >= 4 is 27.5 Å². The number of halogens is 1. The predicted octanol–water partition coefficient (Wildman–Crippen LogP) is 6.35. The van der Waals surface area contributed by atoms with Gasteiger partial charge >= 0.3 is 0 Å². The Morgan fingerprint density at radius 2 is 1.75 bits per heavy atom. The van der Waals surface area contributed by atoms with E-state index in [1.54, 1.807) is 19.2 Å². The van der Waals surface area contributed by atoms with Crippen LogP contribution in [0.5, 0.6) is 5.75 Å². The molecule has 0 N–H and O–H groups in total. The summed E-state index contributed by atoms with van der Waals surface area (Å²) < 4.78 is 36.0. The van der Waals surface area contributed by atoms with E-state index in [1.807, 2.05) is 54.4 Å². The van der Waals surface area contributed by atoms with Crippen molar-refractivity contribution in [1.29, 1.82) is 0 Å². The van der Waals surface area contributed by atoms with Crippen molar-refractivity contribution in [2.45, 2.75) is 75.9 Å². The number of methoxy groups -OCH3 is 1. The minimum absolute atomic E-state index is 0.0848. The van der Waals surface area contributed by atoms with Crippen LogP contribution in [0.2, 0.25) is 5.02 Å². The molecular weight excluding hydrogens is 546 g/mol. The van der Waals surface area contributed by atoms with Crippen LogP contribution in [0.3, 0.4) is 0 Å². The Balaban J connectivity index is 1.59. The zero-order valence-corrected chi connectivity index (χ0v) is 25.0. The molecule has 9 heteroatoms. The van der Waals surface area contributed by atoms with E-state index >= 15 is 0 Å². The van der Waals surface area contributed by atoms with Crippen molar-refractivity contribution in [3.05, 3.63) is 83.1 Å². The monoisotopic (exact) mass is 585 g/mol. The highest BCUT2D eigenvalue weighted by molar-refractivity contribution is 7.89. The lowest BCUT2D eigenvalue weighted by Crippen LogP contribution is -2.47. The molecular formula is C31H40ClN3O4S. The second-order valence-corrected chi connectivity index (χ2v) is 12.7. The molecule has 1 heterocycles. The Kier molecular flexibility index (Phi) is 10.7. The number of nitrogens with zero attached hydrogens (tertiary/aromatic N) is 3. The van der Waals surface area contributed by atoms with Crippen LogP contribution in [0, 0.1) is 0 Å². The normalized spacial score (nSPS) is 14.4. The first kappa shape index (κ1) is 30.2. The van der Waals surface area contributed by atoms with Crippen LogP contribution < -0.4 is 4.74 Å². The number of aromatic nitrogens is 1. The van der Waals surface area contributed by atoms with Crippen molar-refractivity contribution in [2.75, 3.05) is 20.2 Å². The van der Waals surface area contributed by atoms with Crippen molar-refractivity contribution in [3.63, 3.8) is 0 Å². The van der Waals surface area contributed by atoms with E-state index in [-0.39, 0.29) is 29.9 Å². The number of amides is 1. The average Bonchev–Trinajstić information content (AvgIpc) is 3.41. The Bertz CT molecular complexity index is 1350. The Labute approximate surface area is 243 Å². The lowest BCUT2D eigenvalue weighted by Gasteiger charge is -2.36. The molecule has 1 aliphatic carbocycles. The molecule has 1 amide bonds. The number of unbranched alkanes of at least 4 members (excludes halogenated alkanes) is 1. The van der Waals surface area contributed by atoms with E-state index in [0.717, 1.165) is 49.8 Å².